The van der Waals surface area contributed by atoms with Gasteiger partial charge in [0.2, 0.25) is 0 Å². The molecule has 0 atom stereocenters. The molecule has 3 N–H and O–H groups in total. The number of benzene rings is 2. The summed E-state index contributed by atoms with van der Waals surface area (Å²) in [6.45, 7) is 1.93. The molecule has 1 aromatic heterocycles. The molecule has 1 heterocycles. The quantitative estimate of drug-likeness (QED) is 0.709. The van der Waals surface area contributed by atoms with Crippen LogP contribution >= 0.6 is 0 Å². The van der Waals surface area contributed by atoms with Crippen molar-refractivity contribution in [2.75, 3.05) is 11.1 Å². The van der Waals surface area contributed by atoms with Gasteiger partial charge in [-0.25, -0.2) is 0 Å². The molecule has 0 unspecified atom stereocenters. The Balaban J connectivity index is 1.92. The van der Waals surface area contributed by atoms with Crippen molar-refractivity contribution in [2.24, 2.45) is 7.05 Å². The molecule has 0 bridgehead atoms. The van der Waals surface area contributed by atoms with Gasteiger partial charge in [-0.05, 0) is 37.3 Å². The molecular weight excluding hydrogens is 264 g/mol. The monoisotopic (exact) mass is 280 g/mol. The molecule has 5 nitrogen and oxygen atoms in total. The number of amides is 1. The van der Waals surface area contributed by atoms with Gasteiger partial charge in [-0.1, -0.05) is 11.6 Å². The number of nitrogens with one attached hydrogen (secondary N) is 1. The lowest BCUT2D eigenvalue weighted by atomic mass is 10.1. The first-order valence-corrected chi connectivity index (χ1v) is 6.64. The minimum Gasteiger partial charge on any atom is -0.398 e. The topological polar surface area (TPSA) is 72.9 Å². The number of nitrogens with two attached hydrogens (primary N) is 1. The van der Waals surface area contributed by atoms with Gasteiger partial charge in [-0.3, -0.25) is 9.48 Å². The molecule has 0 spiro atoms. The fourth-order valence-electron chi connectivity index (χ4n) is 2.29. The molecule has 5 heteroatoms. The Morgan fingerprint density at radius 2 is 2.05 bits per heavy atom. The van der Waals surface area contributed by atoms with Crippen molar-refractivity contribution in [2.45, 2.75) is 6.92 Å². The number of hydrogen-bond acceptors (Lipinski definition) is 3. The zero-order valence-corrected chi connectivity index (χ0v) is 11.9. The lowest BCUT2D eigenvalue weighted by molar-refractivity contribution is 0.102. The second-order valence-electron chi connectivity index (χ2n) is 5.09. The number of carbonyl (C=O) groups is 1. The van der Waals surface area contributed by atoms with Crippen molar-refractivity contribution < 1.29 is 4.79 Å². The highest BCUT2D eigenvalue weighted by atomic mass is 16.1. The Hall–Kier alpha value is -2.82. The predicted octanol–water partition coefficient (Wildman–Crippen LogP) is 2.72. The fourth-order valence-corrected chi connectivity index (χ4v) is 2.29. The second-order valence-corrected chi connectivity index (χ2v) is 5.09. The van der Waals surface area contributed by atoms with Crippen LogP contribution in [0.5, 0.6) is 0 Å². The van der Waals surface area contributed by atoms with E-state index < -0.39 is 0 Å². The van der Waals surface area contributed by atoms with E-state index in [2.05, 4.69) is 10.4 Å². The number of nitrogen functional groups attached to an aromatic ring is 1. The van der Waals surface area contributed by atoms with Gasteiger partial charge in [-0.15, -0.1) is 0 Å². The first-order valence-electron chi connectivity index (χ1n) is 6.64. The van der Waals surface area contributed by atoms with Crippen LogP contribution in [0.4, 0.5) is 11.4 Å². The molecule has 0 saturated carbocycles. The second kappa shape index (κ2) is 4.94. The van der Waals surface area contributed by atoms with Crippen molar-refractivity contribution in [3.05, 3.63) is 53.7 Å². The average molecular weight is 280 g/mol. The Labute approximate surface area is 122 Å². The van der Waals surface area contributed by atoms with Crippen molar-refractivity contribution in [1.82, 2.24) is 9.78 Å². The van der Waals surface area contributed by atoms with Gasteiger partial charge in [0.1, 0.15) is 0 Å². The number of aryl methyl sites for hydroxylation is 2. The summed E-state index contributed by atoms with van der Waals surface area (Å²) in [6.07, 6.45) is 1.79. The molecule has 106 valence electrons. The van der Waals surface area contributed by atoms with Crippen molar-refractivity contribution in [3.63, 3.8) is 0 Å². The standard InChI is InChI=1S/C16H16N4O/c1-10-3-6-14(17)13(7-10)16(21)19-12-5-4-11-9-18-20(2)15(11)8-12/h3-9H,17H2,1-2H3,(H,19,21). The number of nitrogens with zero attached hydrogens (tertiary/aromatic N) is 2. The van der Waals surface area contributed by atoms with Crippen LogP contribution in [0.1, 0.15) is 15.9 Å². The summed E-state index contributed by atoms with van der Waals surface area (Å²) in [5, 5.41) is 8.09. The first-order chi connectivity index (χ1) is 10.0. The molecule has 0 saturated heterocycles. The third-order valence-electron chi connectivity index (χ3n) is 3.46. The predicted molar refractivity (Wildman–Crippen MR) is 84.3 cm³/mol. The minimum atomic E-state index is -0.210. The van der Waals surface area contributed by atoms with Crippen LogP contribution in [0, 0.1) is 6.92 Å². The van der Waals surface area contributed by atoms with Crippen LogP contribution < -0.4 is 11.1 Å². The highest BCUT2D eigenvalue weighted by Crippen LogP contribution is 2.20. The molecule has 0 aliphatic carbocycles. The van der Waals surface area contributed by atoms with Crippen LogP contribution in [0.2, 0.25) is 0 Å². The van der Waals surface area contributed by atoms with E-state index in [0.29, 0.717) is 11.3 Å². The number of anilines is 2. The van der Waals surface area contributed by atoms with Gasteiger partial charge in [0.25, 0.3) is 5.91 Å². The molecule has 3 rings (SSSR count). The van der Waals surface area contributed by atoms with Gasteiger partial charge in [-0.2, -0.15) is 5.10 Å². The van der Waals surface area contributed by atoms with E-state index in [4.69, 9.17) is 5.73 Å². The molecule has 1 amide bonds. The van der Waals surface area contributed by atoms with Crippen molar-refractivity contribution in [1.29, 1.82) is 0 Å². The molecule has 0 aliphatic heterocycles. The zero-order chi connectivity index (χ0) is 15.0. The SMILES string of the molecule is Cc1ccc(N)c(C(=O)Nc2ccc3cnn(C)c3c2)c1. The first kappa shape index (κ1) is 13.2. The third kappa shape index (κ3) is 2.45. The van der Waals surface area contributed by atoms with E-state index in [1.165, 1.54) is 0 Å². The van der Waals surface area contributed by atoms with Gasteiger partial charge in [0.15, 0.2) is 0 Å². The van der Waals surface area contributed by atoms with Gasteiger partial charge in [0, 0.05) is 23.8 Å². The Morgan fingerprint density at radius 3 is 2.86 bits per heavy atom. The molecule has 3 aromatic rings. The number of rotatable bonds is 2. The smallest absolute Gasteiger partial charge is 0.257 e. The summed E-state index contributed by atoms with van der Waals surface area (Å²) >= 11 is 0. The van der Waals surface area contributed by atoms with Crippen molar-refractivity contribution in [3.8, 4) is 0 Å². The summed E-state index contributed by atoms with van der Waals surface area (Å²) in [7, 11) is 1.87. The highest BCUT2D eigenvalue weighted by Gasteiger charge is 2.11. The molecule has 0 fully saturated rings. The third-order valence-corrected chi connectivity index (χ3v) is 3.46. The van der Waals surface area contributed by atoms with E-state index in [-0.39, 0.29) is 5.91 Å². The van der Waals surface area contributed by atoms with Crippen LogP contribution in [0.25, 0.3) is 10.9 Å². The number of fused-ring (bicyclic) bond motifs is 1. The van der Waals surface area contributed by atoms with Gasteiger partial charge in [0.05, 0.1) is 17.3 Å². The summed E-state index contributed by atoms with van der Waals surface area (Å²) < 4.78 is 1.77. The fraction of sp³-hybridized carbons (Fsp3) is 0.125. The van der Waals surface area contributed by atoms with Gasteiger partial charge >= 0.3 is 0 Å². The van der Waals surface area contributed by atoms with Gasteiger partial charge < -0.3 is 11.1 Å². The largest absolute Gasteiger partial charge is 0.398 e. The number of hydrogen-bond donors (Lipinski definition) is 2. The Kier molecular flexibility index (Phi) is 3.10. The van der Waals surface area contributed by atoms with E-state index in [9.17, 15) is 4.79 Å². The minimum absolute atomic E-state index is 0.210. The zero-order valence-electron chi connectivity index (χ0n) is 11.9. The van der Waals surface area contributed by atoms with Crippen LogP contribution in [-0.4, -0.2) is 15.7 Å². The van der Waals surface area contributed by atoms with Crippen LogP contribution in [0.15, 0.2) is 42.6 Å². The summed E-state index contributed by atoms with van der Waals surface area (Å²) in [5.74, 6) is -0.210. The van der Waals surface area contributed by atoms with E-state index >= 15 is 0 Å². The van der Waals surface area contributed by atoms with E-state index in [1.807, 2.05) is 38.2 Å². The Morgan fingerprint density at radius 1 is 1.24 bits per heavy atom. The normalized spacial score (nSPS) is 10.8. The summed E-state index contributed by atoms with van der Waals surface area (Å²) in [4.78, 5) is 12.3. The highest BCUT2D eigenvalue weighted by molar-refractivity contribution is 6.08. The lowest BCUT2D eigenvalue weighted by Crippen LogP contribution is -2.14. The Bertz CT molecular complexity index is 835. The lowest BCUT2D eigenvalue weighted by Gasteiger charge is -2.09. The maximum Gasteiger partial charge on any atom is 0.257 e. The molecule has 21 heavy (non-hydrogen) atoms. The van der Waals surface area contributed by atoms with E-state index in [0.717, 1.165) is 22.2 Å². The maximum absolute atomic E-state index is 12.3. The van der Waals surface area contributed by atoms with E-state index in [1.54, 1.807) is 23.0 Å². The molecule has 0 aliphatic rings. The van der Waals surface area contributed by atoms with Crippen LogP contribution in [0.3, 0.4) is 0 Å². The number of aromatic nitrogens is 2. The van der Waals surface area contributed by atoms with Crippen LogP contribution in [-0.2, 0) is 7.05 Å². The molecule has 2 aromatic carbocycles. The number of carbonyl (C=O) groups excluding carboxylic acids is 1. The molecule has 0 radical (unpaired) electrons. The summed E-state index contributed by atoms with van der Waals surface area (Å²) in [6, 6.07) is 11.1. The van der Waals surface area contributed by atoms with Crippen molar-refractivity contribution >= 4 is 28.2 Å². The average Bonchev–Trinajstić information content (AvgIpc) is 2.83. The summed E-state index contributed by atoms with van der Waals surface area (Å²) in [5.41, 5.74) is 9.50. The molecular formula is C16H16N4O. The maximum atomic E-state index is 12.3.